The first kappa shape index (κ1) is 18.2. The highest BCUT2D eigenvalue weighted by molar-refractivity contribution is 9.10. The van der Waals surface area contributed by atoms with Gasteiger partial charge in [-0.1, -0.05) is 40.2 Å². The highest BCUT2D eigenvalue weighted by Gasteiger charge is 2.15. The maximum atomic E-state index is 12.4. The molecule has 1 atom stereocenters. The zero-order chi connectivity index (χ0) is 18.4. The molecule has 0 aliphatic rings. The zero-order valence-corrected chi connectivity index (χ0v) is 16.0. The fourth-order valence-electron chi connectivity index (χ4n) is 2.56. The predicted octanol–water partition coefficient (Wildman–Crippen LogP) is 3.78. The van der Waals surface area contributed by atoms with Gasteiger partial charge in [-0.25, -0.2) is 4.98 Å². The van der Waals surface area contributed by atoms with Crippen molar-refractivity contribution in [2.45, 2.75) is 26.1 Å². The van der Waals surface area contributed by atoms with Gasteiger partial charge in [0.05, 0.1) is 6.33 Å². The second kappa shape index (κ2) is 8.67. The van der Waals surface area contributed by atoms with E-state index in [9.17, 15) is 4.79 Å². The highest BCUT2D eigenvalue weighted by atomic mass is 79.9. The van der Waals surface area contributed by atoms with Crippen LogP contribution in [0.2, 0.25) is 0 Å². The molecule has 1 unspecified atom stereocenters. The topological polar surface area (TPSA) is 56.1 Å². The normalized spacial score (nSPS) is 11.8. The second-order valence-corrected chi connectivity index (χ2v) is 6.85. The average Bonchev–Trinajstić information content (AvgIpc) is 3.15. The van der Waals surface area contributed by atoms with Gasteiger partial charge in [0.25, 0.3) is 5.91 Å². The van der Waals surface area contributed by atoms with Crippen molar-refractivity contribution in [3.63, 3.8) is 0 Å². The number of hydrogen-bond donors (Lipinski definition) is 1. The number of aromatic nitrogens is 2. The van der Waals surface area contributed by atoms with Crippen LogP contribution in [-0.4, -0.2) is 21.6 Å². The quantitative estimate of drug-likeness (QED) is 0.640. The summed E-state index contributed by atoms with van der Waals surface area (Å²) in [5, 5.41) is 2.95. The van der Waals surface area contributed by atoms with E-state index in [1.54, 1.807) is 19.4 Å². The van der Waals surface area contributed by atoms with Crippen molar-refractivity contribution in [2.75, 3.05) is 0 Å². The Morgan fingerprint density at radius 1 is 1.19 bits per heavy atom. The maximum absolute atomic E-state index is 12.4. The third-order valence-corrected chi connectivity index (χ3v) is 4.51. The molecule has 0 bridgehead atoms. The number of hydrogen-bond acceptors (Lipinski definition) is 3. The molecule has 3 aromatic rings. The van der Waals surface area contributed by atoms with Crippen molar-refractivity contribution in [1.82, 2.24) is 14.9 Å². The Morgan fingerprint density at radius 3 is 2.62 bits per heavy atom. The third-order valence-electron chi connectivity index (χ3n) is 3.98. The minimum Gasteiger partial charge on any atom is -0.481 e. The molecule has 1 aromatic heterocycles. The van der Waals surface area contributed by atoms with Gasteiger partial charge in [0.15, 0.2) is 6.10 Å². The summed E-state index contributed by atoms with van der Waals surface area (Å²) in [4.78, 5) is 16.4. The molecular weight excluding hydrogens is 394 g/mol. The van der Waals surface area contributed by atoms with E-state index in [4.69, 9.17) is 4.74 Å². The van der Waals surface area contributed by atoms with Gasteiger partial charge in [0.2, 0.25) is 0 Å². The van der Waals surface area contributed by atoms with E-state index in [2.05, 4.69) is 32.3 Å². The number of nitrogens with zero attached hydrogens (tertiary/aromatic N) is 2. The molecule has 0 saturated heterocycles. The number of imidazole rings is 1. The lowest BCUT2D eigenvalue weighted by atomic mass is 10.1. The fourth-order valence-corrected chi connectivity index (χ4v) is 2.82. The van der Waals surface area contributed by atoms with Crippen LogP contribution in [0.5, 0.6) is 5.75 Å². The van der Waals surface area contributed by atoms with E-state index >= 15 is 0 Å². The van der Waals surface area contributed by atoms with E-state index in [1.807, 2.05) is 53.2 Å². The predicted molar refractivity (Wildman–Crippen MR) is 104 cm³/mol. The Balaban J connectivity index is 1.58. The second-order valence-electron chi connectivity index (χ2n) is 5.94. The van der Waals surface area contributed by atoms with Crippen molar-refractivity contribution in [3.8, 4) is 5.75 Å². The van der Waals surface area contributed by atoms with E-state index < -0.39 is 6.10 Å². The van der Waals surface area contributed by atoms with E-state index in [0.29, 0.717) is 12.3 Å². The lowest BCUT2D eigenvalue weighted by molar-refractivity contribution is -0.127. The van der Waals surface area contributed by atoms with Gasteiger partial charge >= 0.3 is 0 Å². The minimum atomic E-state index is -0.572. The van der Waals surface area contributed by atoms with Crippen molar-refractivity contribution in [2.24, 2.45) is 0 Å². The molecule has 0 spiro atoms. The van der Waals surface area contributed by atoms with Gasteiger partial charge in [0, 0.05) is 30.0 Å². The van der Waals surface area contributed by atoms with Crippen molar-refractivity contribution < 1.29 is 9.53 Å². The number of amides is 1. The molecule has 0 aliphatic heterocycles. The van der Waals surface area contributed by atoms with Crippen LogP contribution in [0.3, 0.4) is 0 Å². The molecule has 3 rings (SSSR count). The smallest absolute Gasteiger partial charge is 0.261 e. The molecule has 26 heavy (non-hydrogen) atoms. The molecule has 6 heteroatoms. The molecule has 0 aliphatic carbocycles. The summed E-state index contributed by atoms with van der Waals surface area (Å²) < 4.78 is 8.66. The molecule has 1 N–H and O–H groups in total. The Hall–Kier alpha value is -2.60. The van der Waals surface area contributed by atoms with Crippen molar-refractivity contribution >= 4 is 21.8 Å². The summed E-state index contributed by atoms with van der Waals surface area (Å²) in [6, 6.07) is 15.5. The summed E-state index contributed by atoms with van der Waals surface area (Å²) in [7, 11) is 0. The first-order chi connectivity index (χ1) is 12.6. The Morgan fingerprint density at radius 2 is 1.92 bits per heavy atom. The number of nitrogens with one attached hydrogen (secondary N) is 1. The summed E-state index contributed by atoms with van der Waals surface area (Å²) >= 11 is 3.38. The van der Waals surface area contributed by atoms with Gasteiger partial charge in [-0.15, -0.1) is 0 Å². The zero-order valence-electron chi connectivity index (χ0n) is 14.4. The van der Waals surface area contributed by atoms with Crippen LogP contribution in [0.4, 0.5) is 0 Å². The number of carbonyl (C=O) groups excluding carboxylic acids is 1. The van der Waals surface area contributed by atoms with Crippen LogP contribution in [-0.2, 0) is 17.9 Å². The van der Waals surface area contributed by atoms with Crippen molar-refractivity contribution in [1.29, 1.82) is 0 Å². The molecule has 2 aromatic carbocycles. The number of rotatable bonds is 7. The van der Waals surface area contributed by atoms with Gasteiger partial charge in [-0.3, -0.25) is 4.79 Å². The van der Waals surface area contributed by atoms with E-state index in [0.717, 1.165) is 22.1 Å². The maximum Gasteiger partial charge on any atom is 0.261 e. The highest BCUT2D eigenvalue weighted by Crippen LogP contribution is 2.17. The fraction of sp³-hybridized carbons (Fsp3) is 0.200. The van der Waals surface area contributed by atoms with E-state index in [-0.39, 0.29) is 5.91 Å². The monoisotopic (exact) mass is 413 g/mol. The Bertz CT molecular complexity index is 848. The summed E-state index contributed by atoms with van der Waals surface area (Å²) in [6.07, 6.45) is 4.88. The molecule has 0 saturated carbocycles. The molecule has 0 radical (unpaired) electrons. The first-order valence-corrected chi connectivity index (χ1v) is 9.13. The van der Waals surface area contributed by atoms with Gasteiger partial charge in [-0.2, -0.15) is 0 Å². The largest absolute Gasteiger partial charge is 0.481 e. The summed E-state index contributed by atoms with van der Waals surface area (Å²) in [5.41, 5.74) is 2.22. The van der Waals surface area contributed by atoms with Crippen LogP contribution in [0.15, 0.2) is 71.7 Å². The lowest BCUT2D eigenvalue weighted by Crippen LogP contribution is -2.36. The van der Waals surface area contributed by atoms with Crippen LogP contribution < -0.4 is 10.1 Å². The molecule has 134 valence electrons. The molecular formula is C20H20BrN3O2. The van der Waals surface area contributed by atoms with Gasteiger partial charge in [0.1, 0.15) is 5.75 Å². The first-order valence-electron chi connectivity index (χ1n) is 8.34. The lowest BCUT2D eigenvalue weighted by Gasteiger charge is -2.16. The molecule has 1 amide bonds. The average molecular weight is 414 g/mol. The van der Waals surface area contributed by atoms with Crippen LogP contribution >= 0.6 is 15.9 Å². The number of carbonyl (C=O) groups is 1. The van der Waals surface area contributed by atoms with Gasteiger partial charge < -0.3 is 14.6 Å². The number of halogens is 1. The Labute approximate surface area is 161 Å². The van der Waals surface area contributed by atoms with E-state index in [1.165, 1.54) is 0 Å². The minimum absolute atomic E-state index is 0.148. The number of ether oxygens (including phenoxy) is 1. The Kier molecular flexibility index (Phi) is 6.07. The SMILES string of the molecule is CC(Oc1ccc(Br)cc1)C(=O)NCc1ccccc1Cn1ccnc1. The van der Waals surface area contributed by atoms with Crippen LogP contribution in [0, 0.1) is 0 Å². The molecule has 0 fully saturated rings. The summed E-state index contributed by atoms with van der Waals surface area (Å²) in [6.45, 7) is 2.92. The number of benzene rings is 2. The van der Waals surface area contributed by atoms with Crippen molar-refractivity contribution in [3.05, 3.63) is 82.9 Å². The third kappa shape index (κ3) is 4.95. The molecule has 1 heterocycles. The molecule has 5 nitrogen and oxygen atoms in total. The van der Waals surface area contributed by atoms with Crippen LogP contribution in [0.25, 0.3) is 0 Å². The summed E-state index contributed by atoms with van der Waals surface area (Å²) in [5.74, 6) is 0.515. The van der Waals surface area contributed by atoms with Crippen LogP contribution in [0.1, 0.15) is 18.1 Å². The standard InChI is InChI=1S/C20H20BrN3O2/c1-15(26-19-8-6-18(21)7-9-19)20(25)23-12-16-4-2-3-5-17(16)13-24-11-10-22-14-24/h2-11,14-15H,12-13H2,1H3,(H,23,25). The van der Waals surface area contributed by atoms with Gasteiger partial charge in [-0.05, 0) is 42.3 Å².